The van der Waals surface area contributed by atoms with Crippen LogP contribution in [0, 0.1) is 11.3 Å². The third kappa shape index (κ3) is 5.80. The standard InChI is InChI=1S/C20H15F3N4OS/c21-20(22,23)15-3-1-2-14(8-15)9-17-11-26-19(29-17)27-18(28)12-25-16-6-4-13(10-24)5-7-16/h1-8,11,25H,9,12H2,(H,26,27,28). The number of hydrogen-bond acceptors (Lipinski definition) is 5. The summed E-state index contributed by atoms with van der Waals surface area (Å²) < 4.78 is 38.4. The minimum atomic E-state index is -4.38. The molecule has 9 heteroatoms. The third-order valence-corrected chi connectivity index (χ3v) is 4.81. The van der Waals surface area contributed by atoms with Gasteiger partial charge in [-0.2, -0.15) is 18.4 Å². The first-order valence-electron chi connectivity index (χ1n) is 8.48. The molecule has 2 aromatic carbocycles. The molecule has 0 saturated heterocycles. The Bertz CT molecular complexity index is 1040. The van der Waals surface area contributed by atoms with Crippen molar-refractivity contribution in [2.24, 2.45) is 0 Å². The van der Waals surface area contributed by atoms with E-state index in [4.69, 9.17) is 5.26 Å². The lowest BCUT2D eigenvalue weighted by atomic mass is 10.1. The zero-order valence-electron chi connectivity index (χ0n) is 15.0. The molecule has 0 bridgehead atoms. The quantitative estimate of drug-likeness (QED) is 0.612. The number of nitriles is 1. The molecule has 0 fully saturated rings. The average molecular weight is 416 g/mol. The van der Waals surface area contributed by atoms with E-state index in [1.54, 1.807) is 30.3 Å². The van der Waals surface area contributed by atoms with Gasteiger partial charge in [0.1, 0.15) is 0 Å². The SMILES string of the molecule is N#Cc1ccc(NCC(=O)Nc2ncc(Cc3cccc(C(F)(F)F)c3)s2)cc1. The monoisotopic (exact) mass is 416 g/mol. The summed E-state index contributed by atoms with van der Waals surface area (Å²) in [7, 11) is 0. The van der Waals surface area contributed by atoms with E-state index < -0.39 is 11.7 Å². The van der Waals surface area contributed by atoms with Crippen molar-refractivity contribution in [1.82, 2.24) is 4.98 Å². The van der Waals surface area contributed by atoms with Crippen molar-refractivity contribution < 1.29 is 18.0 Å². The van der Waals surface area contributed by atoms with Gasteiger partial charge in [0.05, 0.1) is 23.7 Å². The van der Waals surface area contributed by atoms with E-state index >= 15 is 0 Å². The number of carbonyl (C=O) groups is 1. The molecule has 0 aliphatic carbocycles. The Kier molecular flexibility index (Phi) is 6.14. The van der Waals surface area contributed by atoms with Crippen molar-refractivity contribution in [2.75, 3.05) is 17.2 Å². The number of halogens is 3. The van der Waals surface area contributed by atoms with Crippen LogP contribution in [0.2, 0.25) is 0 Å². The van der Waals surface area contributed by atoms with Crippen LogP contribution in [0.1, 0.15) is 21.6 Å². The molecule has 1 aromatic heterocycles. The van der Waals surface area contributed by atoms with E-state index in [1.165, 1.54) is 23.6 Å². The highest BCUT2D eigenvalue weighted by Gasteiger charge is 2.30. The normalized spacial score (nSPS) is 11.0. The number of thiazole rings is 1. The van der Waals surface area contributed by atoms with E-state index in [1.807, 2.05) is 6.07 Å². The molecule has 3 rings (SSSR count). The van der Waals surface area contributed by atoms with Gasteiger partial charge >= 0.3 is 6.18 Å². The number of alkyl halides is 3. The molecule has 0 aliphatic rings. The summed E-state index contributed by atoms with van der Waals surface area (Å²) in [6.07, 6.45) is -2.56. The fourth-order valence-corrected chi connectivity index (χ4v) is 3.38. The molecular formula is C20H15F3N4OS. The summed E-state index contributed by atoms with van der Waals surface area (Å²) in [6.45, 7) is 0.00837. The van der Waals surface area contributed by atoms with Crippen molar-refractivity contribution in [1.29, 1.82) is 5.26 Å². The second-order valence-corrected chi connectivity index (χ2v) is 7.21. The van der Waals surface area contributed by atoms with E-state index in [0.717, 1.165) is 17.0 Å². The second kappa shape index (κ2) is 8.75. The first-order valence-corrected chi connectivity index (χ1v) is 9.30. The van der Waals surface area contributed by atoms with Gasteiger partial charge in [-0.3, -0.25) is 4.79 Å². The molecule has 0 radical (unpaired) electrons. The van der Waals surface area contributed by atoms with Crippen molar-refractivity contribution in [3.05, 3.63) is 76.3 Å². The van der Waals surface area contributed by atoms with Gasteiger partial charge in [0.25, 0.3) is 0 Å². The molecule has 0 spiro atoms. The van der Waals surface area contributed by atoms with Crippen LogP contribution in [0.25, 0.3) is 0 Å². The zero-order chi connectivity index (χ0) is 20.9. The lowest BCUT2D eigenvalue weighted by Crippen LogP contribution is -2.21. The van der Waals surface area contributed by atoms with Gasteiger partial charge in [0.15, 0.2) is 5.13 Å². The predicted molar refractivity (Wildman–Crippen MR) is 105 cm³/mol. The molecule has 0 unspecified atom stereocenters. The molecule has 1 amide bonds. The lowest BCUT2D eigenvalue weighted by Gasteiger charge is -2.08. The Morgan fingerprint density at radius 1 is 1.17 bits per heavy atom. The van der Waals surface area contributed by atoms with Gasteiger partial charge in [-0.1, -0.05) is 18.2 Å². The first-order chi connectivity index (χ1) is 13.8. The van der Waals surface area contributed by atoms with Crippen molar-refractivity contribution >= 4 is 28.1 Å². The predicted octanol–water partition coefficient (Wildman–Crippen LogP) is 4.67. The van der Waals surface area contributed by atoms with E-state index in [9.17, 15) is 18.0 Å². The molecule has 0 aliphatic heterocycles. The average Bonchev–Trinajstić information content (AvgIpc) is 3.13. The number of amides is 1. The van der Waals surface area contributed by atoms with Crippen LogP contribution < -0.4 is 10.6 Å². The summed E-state index contributed by atoms with van der Waals surface area (Å²) in [4.78, 5) is 16.9. The Morgan fingerprint density at radius 2 is 1.93 bits per heavy atom. The molecule has 148 valence electrons. The highest BCUT2D eigenvalue weighted by Crippen LogP contribution is 2.30. The number of hydrogen-bond donors (Lipinski definition) is 2. The highest BCUT2D eigenvalue weighted by molar-refractivity contribution is 7.15. The summed E-state index contributed by atoms with van der Waals surface area (Å²) in [5, 5.41) is 14.7. The molecule has 1 heterocycles. The molecular weight excluding hydrogens is 401 g/mol. The van der Waals surface area contributed by atoms with Crippen molar-refractivity contribution in [2.45, 2.75) is 12.6 Å². The van der Waals surface area contributed by atoms with E-state index in [2.05, 4.69) is 15.6 Å². The second-order valence-electron chi connectivity index (χ2n) is 6.10. The number of nitrogens with zero attached hydrogens (tertiary/aromatic N) is 2. The van der Waals surface area contributed by atoms with Crippen LogP contribution in [0.3, 0.4) is 0 Å². The molecule has 3 aromatic rings. The molecule has 29 heavy (non-hydrogen) atoms. The number of rotatable bonds is 6. The highest BCUT2D eigenvalue weighted by atomic mass is 32.1. The van der Waals surface area contributed by atoms with Gasteiger partial charge in [-0.25, -0.2) is 4.98 Å². The van der Waals surface area contributed by atoms with Gasteiger partial charge in [-0.05, 0) is 35.9 Å². The molecule has 5 nitrogen and oxygen atoms in total. The summed E-state index contributed by atoms with van der Waals surface area (Å²) in [6, 6.07) is 13.8. The van der Waals surface area contributed by atoms with Crippen LogP contribution in [-0.2, 0) is 17.4 Å². The van der Waals surface area contributed by atoms with E-state index in [0.29, 0.717) is 28.4 Å². The van der Waals surface area contributed by atoms with Crippen molar-refractivity contribution in [3.8, 4) is 6.07 Å². The largest absolute Gasteiger partial charge is 0.416 e. The number of benzene rings is 2. The molecule has 0 saturated carbocycles. The van der Waals surface area contributed by atoms with Crippen LogP contribution in [0.15, 0.2) is 54.7 Å². The minimum Gasteiger partial charge on any atom is -0.376 e. The Hall–Kier alpha value is -3.38. The fourth-order valence-electron chi connectivity index (χ4n) is 2.51. The Morgan fingerprint density at radius 3 is 2.62 bits per heavy atom. The zero-order valence-corrected chi connectivity index (χ0v) is 15.8. The number of nitrogens with one attached hydrogen (secondary N) is 2. The van der Waals surface area contributed by atoms with Crippen LogP contribution in [0.4, 0.5) is 24.0 Å². The fraction of sp³-hybridized carbons (Fsp3) is 0.150. The lowest BCUT2D eigenvalue weighted by molar-refractivity contribution is -0.137. The Labute approximate surface area is 168 Å². The molecule has 0 atom stereocenters. The first kappa shape index (κ1) is 20.4. The molecule has 2 N–H and O–H groups in total. The van der Waals surface area contributed by atoms with Gasteiger partial charge in [0.2, 0.25) is 5.91 Å². The van der Waals surface area contributed by atoms with E-state index in [-0.39, 0.29) is 12.5 Å². The number of aromatic nitrogens is 1. The topological polar surface area (TPSA) is 77.8 Å². The van der Waals surface area contributed by atoms with Crippen molar-refractivity contribution in [3.63, 3.8) is 0 Å². The maximum atomic E-state index is 12.8. The Balaban J connectivity index is 1.54. The maximum absolute atomic E-state index is 12.8. The smallest absolute Gasteiger partial charge is 0.376 e. The summed E-state index contributed by atoms with van der Waals surface area (Å²) >= 11 is 1.21. The van der Waals surface area contributed by atoms with Gasteiger partial charge in [-0.15, -0.1) is 11.3 Å². The van der Waals surface area contributed by atoms with Crippen LogP contribution in [0.5, 0.6) is 0 Å². The summed E-state index contributed by atoms with van der Waals surface area (Å²) in [5.41, 5.74) is 1.05. The van der Waals surface area contributed by atoms with Gasteiger partial charge < -0.3 is 10.6 Å². The minimum absolute atomic E-state index is 0.00837. The van der Waals surface area contributed by atoms with Crippen LogP contribution in [-0.4, -0.2) is 17.4 Å². The maximum Gasteiger partial charge on any atom is 0.416 e. The van der Waals surface area contributed by atoms with Crippen LogP contribution >= 0.6 is 11.3 Å². The summed E-state index contributed by atoms with van der Waals surface area (Å²) in [5.74, 6) is -0.311. The third-order valence-electron chi connectivity index (χ3n) is 3.90. The number of carbonyl (C=O) groups excluding carboxylic acids is 1. The number of anilines is 2. The van der Waals surface area contributed by atoms with Gasteiger partial charge in [0, 0.05) is 23.2 Å².